The predicted molar refractivity (Wildman–Crippen MR) is 232 cm³/mol. The average Bonchev–Trinajstić information content (AvgIpc) is 3.72. The third-order valence-corrected chi connectivity index (χ3v) is 13.5. The largest absolute Gasteiger partial charge is 0.486 e. The number of hydrogen-bond donors (Lipinski definition) is 1. The number of ether oxygens (including phenoxy) is 5. The van der Waals surface area contributed by atoms with Crippen LogP contribution in [0.1, 0.15) is 101 Å². The fraction of sp³-hybridized carbons (Fsp3) is 0.542. The van der Waals surface area contributed by atoms with E-state index in [1.165, 1.54) is 0 Å². The van der Waals surface area contributed by atoms with Crippen molar-refractivity contribution in [3.8, 4) is 22.9 Å². The van der Waals surface area contributed by atoms with Gasteiger partial charge in [0.15, 0.2) is 12.0 Å². The van der Waals surface area contributed by atoms with Crippen molar-refractivity contribution in [1.29, 1.82) is 0 Å². The van der Waals surface area contributed by atoms with E-state index in [1.54, 1.807) is 6.07 Å². The number of aromatic nitrogens is 4. The van der Waals surface area contributed by atoms with Gasteiger partial charge in [-0.05, 0) is 108 Å². The van der Waals surface area contributed by atoms with Gasteiger partial charge in [0.05, 0.1) is 37.0 Å². The Bertz CT molecular complexity index is 2470. The van der Waals surface area contributed by atoms with E-state index >= 15 is 4.39 Å². The number of benzene rings is 3. The first-order valence-corrected chi connectivity index (χ1v) is 22.4. The quantitative estimate of drug-likeness (QED) is 0.137. The highest BCUT2D eigenvalue weighted by molar-refractivity contribution is 6.06. The van der Waals surface area contributed by atoms with Crippen molar-refractivity contribution in [2.75, 3.05) is 51.0 Å². The standard InChI is InChI=1S/C48H57FN6O7/c1-29-37(49)22-38-36(23-50-55(38)39-12-8-9-17-59-39)40(29)41-34(31-13-14-31)21-35-42(43(41)60-26-30-10-6-5-7-11-30)51-45(61-28-48(27-56)15-18-58-19-16-48)52-44(35)53-24-33-20-32(53)25-54(33)46(57)62-47(2,3)4/h5-7,10-11,21-23,31-33,39,56H,8-9,12-20,24-28H2,1-4H3/t32-,33-,39?/m0/s1. The Morgan fingerprint density at radius 2 is 1.77 bits per heavy atom. The van der Waals surface area contributed by atoms with Gasteiger partial charge in [-0.1, -0.05) is 30.3 Å². The van der Waals surface area contributed by atoms with Crippen LogP contribution in [0.25, 0.3) is 32.9 Å². The molecule has 3 atom stereocenters. The Kier molecular flexibility index (Phi) is 10.7. The summed E-state index contributed by atoms with van der Waals surface area (Å²) in [5.41, 5.74) is 4.17. The molecule has 2 bridgehead atoms. The molecule has 1 saturated carbocycles. The number of carbonyl (C=O) groups excluding carboxylic acids is 1. The van der Waals surface area contributed by atoms with Crippen LogP contribution in [0.15, 0.2) is 48.7 Å². The van der Waals surface area contributed by atoms with Crippen molar-refractivity contribution in [2.45, 2.75) is 115 Å². The normalized spacial score (nSPS) is 22.5. The number of aliphatic hydroxyl groups is 1. The summed E-state index contributed by atoms with van der Waals surface area (Å²) in [7, 11) is 0. The summed E-state index contributed by atoms with van der Waals surface area (Å²) in [4.78, 5) is 27.9. The van der Waals surface area contributed by atoms with E-state index in [-0.39, 0.29) is 62.0 Å². The lowest BCUT2D eigenvalue weighted by atomic mass is 9.82. The van der Waals surface area contributed by atoms with Gasteiger partial charge in [-0.2, -0.15) is 15.1 Å². The molecule has 5 aliphatic rings. The van der Waals surface area contributed by atoms with Crippen molar-refractivity contribution in [3.05, 3.63) is 71.2 Å². The van der Waals surface area contributed by atoms with Crippen LogP contribution >= 0.6 is 0 Å². The van der Waals surface area contributed by atoms with Gasteiger partial charge in [-0.15, -0.1) is 0 Å². The van der Waals surface area contributed by atoms with Gasteiger partial charge in [0.1, 0.15) is 29.4 Å². The second kappa shape index (κ2) is 16.3. The van der Waals surface area contributed by atoms with E-state index in [0.717, 1.165) is 71.6 Å². The molecular formula is C48H57FN6O7. The highest BCUT2D eigenvalue weighted by atomic mass is 19.1. The van der Waals surface area contributed by atoms with Crippen LogP contribution in [0.5, 0.6) is 11.8 Å². The monoisotopic (exact) mass is 848 g/mol. The topological polar surface area (TPSA) is 134 Å². The van der Waals surface area contributed by atoms with Crippen molar-refractivity contribution in [3.63, 3.8) is 0 Å². The number of nitrogens with zero attached hydrogens (tertiary/aromatic N) is 6. The fourth-order valence-corrected chi connectivity index (χ4v) is 9.92. The lowest BCUT2D eigenvalue weighted by molar-refractivity contribution is -0.0409. The summed E-state index contributed by atoms with van der Waals surface area (Å²) in [6.07, 6.45) is 8.09. The number of fused-ring (bicyclic) bond motifs is 4. The summed E-state index contributed by atoms with van der Waals surface area (Å²) in [6, 6.07) is 13.9. The number of hydrogen-bond acceptors (Lipinski definition) is 11. The van der Waals surface area contributed by atoms with Crippen LogP contribution in [0.3, 0.4) is 0 Å². The molecule has 4 aliphatic heterocycles. The number of anilines is 1. The molecule has 328 valence electrons. The molecule has 1 aliphatic carbocycles. The van der Waals surface area contributed by atoms with Crippen LogP contribution in [-0.2, 0) is 20.8 Å². The average molecular weight is 849 g/mol. The van der Waals surface area contributed by atoms with Gasteiger partial charge in [0.25, 0.3) is 0 Å². The van der Waals surface area contributed by atoms with Crippen LogP contribution in [0.2, 0.25) is 0 Å². The molecule has 3 aromatic carbocycles. The highest BCUT2D eigenvalue weighted by Crippen LogP contribution is 2.54. The molecule has 4 saturated heterocycles. The first kappa shape index (κ1) is 41.0. The summed E-state index contributed by atoms with van der Waals surface area (Å²) < 4.78 is 49.7. The minimum Gasteiger partial charge on any atom is -0.486 e. The molecule has 62 heavy (non-hydrogen) atoms. The van der Waals surface area contributed by atoms with Gasteiger partial charge >= 0.3 is 12.1 Å². The summed E-state index contributed by atoms with van der Waals surface area (Å²) >= 11 is 0. The Morgan fingerprint density at radius 3 is 2.47 bits per heavy atom. The zero-order valence-corrected chi connectivity index (χ0v) is 36.2. The van der Waals surface area contributed by atoms with E-state index in [2.05, 4.69) is 11.0 Å². The molecule has 6 heterocycles. The van der Waals surface area contributed by atoms with Gasteiger partial charge in [0.2, 0.25) is 0 Å². The number of carbonyl (C=O) groups is 1. The van der Waals surface area contributed by atoms with Crippen molar-refractivity contribution in [2.24, 2.45) is 5.41 Å². The van der Waals surface area contributed by atoms with Gasteiger partial charge in [-0.3, -0.25) is 0 Å². The molecule has 10 rings (SSSR count). The lowest BCUT2D eigenvalue weighted by Crippen LogP contribution is -2.50. The van der Waals surface area contributed by atoms with E-state index in [4.69, 9.17) is 38.8 Å². The van der Waals surface area contributed by atoms with E-state index in [9.17, 15) is 9.90 Å². The SMILES string of the molecule is Cc1c(F)cc2c(cnn2C2CCCCO2)c1-c1c(C2CC2)cc2c(N3C[C@@H]4C[C@H]3CN4C(=O)OC(C)(C)C)nc(OCC3(CO)CCOCC3)nc2c1OCc1ccccc1. The number of aliphatic hydroxyl groups excluding tert-OH is 1. The molecule has 1 N–H and O–H groups in total. The molecule has 14 heteroatoms. The number of amides is 1. The molecular weight excluding hydrogens is 792 g/mol. The lowest BCUT2D eigenvalue weighted by Gasteiger charge is -2.36. The third-order valence-electron chi connectivity index (χ3n) is 13.5. The Morgan fingerprint density at radius 1 is 0.968 bits per heavy atom. The molecule has 5 fully saturated rings. The molecule has 1 amide bonds. The maximum atomic E-state index is 16.6. The second-order valence-electron chi connectivity index (χ2n) is 19.0. The van der Waals surface area contributed by atoms with E-state index in [1.807, 2.05) is 73.8 Å². The first-order chi connectivity index (χ1) is 30.0. The van der Waals surface area contributed by atoms with Gasteiger partial charge in [0, 0.05) is 66.3 Å². The molecule has 0 radical (unpaired) electrons. The van der Waals surface area contributed by atoms with Crippen LogP contribution in [-0.4, -0.2) is 99.7 Å². The maximum Gasteiger partial charge on any atom is 0.410 e. The maximum absolute atomic E-state index is 16.6. The van der Waals surface area contributed by atoms with Crippen molar-refractivity contribution >= 4 is 33.7 Å². The Labute approximate surface area is 361 Å². The minimum atomic E-state index is -0.606. The molecule has 5 aromatic rings. The molecule has 2 aromatic heterocycles. The number of halogens is 1. The number of rotatable bonds is 11. The van der Waals surface area contributed by atoms with Crippen LogP contribution < -0.4 is 14.4 Å². The van der Waals surface area contributed by atoms with Crippen LogP contribution in [0, 0.1) is 18.2 Å². The number of likely N-dealkylation sites (tertiary alicyclic amines) is 1. The fourth-order valence-electron chi connectivity index (χ4n) is 9.92. The van der Waals surface area contributed by atoms with E-state index in [0.29, 0.717) is 73.9 Å². The summed E-state index contributed by atoms with van der Waals surface area (Å²) in [5, 5.41) is 17.1. The molecule has 13 nitrogen and oxygen atoms in total. The van der Waals surface area contributed by atoms with E-state index < -0.39 is 11.0 Å². The summed E-state index contributed by atoms with van der Waals surface area (Å²) in [5.74, 6) is 1.11. The summed E-state index contributed by atoms with van der Waals surface area (Å²) in [6.45, 7) is 10.6. The number of piperazine rings is 1. The zero-order chi connectivity index (χ0) is 42.8. The third kappa shape index (κ3) is 7.72. The first-order valence-electron chi connectivity index (χ1n) is 22.4. The smallest absolute Gasteiger partial charge is 0.410 e. The second-order valence-corrected chi connectivity index (χ2v) is 19.0. The van der Waals surface area contributed by atoms with Crippen LogP contribution in [0.4, 0.5) is 15.0 Å². The minimum absolute atomic E-state index is 0.0200. The van der Waals surface area contributed by atoms with Gasteiger partial charge < -0.3 is 38.6 Å². The predicted octanol–water partition coefficient (Wildman–Crippen LogP) is 8.62. The van der Waals surface area contributed by atoms with Crippen molar-refractivity contribution in [1.82, 2.24) is 24.6 Å². The van der Waals surface area contributed by atoms with Crippen molar-refractivity contribution < 1.29 is 38.0 Å². The molecule has 1 unspecified atom stereocenters. The Balaban J connectivity index is 1.17. The molecule has 0 spiro atoms. The Hall–Kier alpha value is -5.05. The zero-order valence-electron chi connectivity index (χ0n) is 36.2. The van der Waals surface area contributed by atoms with Gasteiger partial charge in [-0.25, -0.2) is 13.9 Å². The highest BCUT2D eigenvalue weighted by Gasteiger charge is 2.48.